The van der Waals surface area contributed by atoms with Gasteiger partial charge in [-0.15, -0.1) is 0 Å². The maximum absolute atomic E-state index is 11.2. The van der Waals surface area contributed by atoms with E-state index < -0.39 is 0 Å². The third kappa shape index (κ3) is 3.50. The van der Waals surface area contributed by atoms with E-state index in [-0.39, 0.29) is 5.97 Å². The van der Waals surface area contributed by atoms with Crippen molar-refractivity contribution in [2.45, 2.75) is 32.1 Å². The molecule has 0 N–H and O–H groups in total. The fraction of sp³-hybridized carbons (Fsp3) is 0.333. The van der Waals surface area contributed by atoms with E-state index >= 15 is 0 Å². The summed E-state index contributed by atoms with van der Waals surface area (Å²) in [5.74, 6) is -0.203. The van der Waals surface area contributed by atoms with Crippen LogP contribution in [0.25, 0.3) is 11.8 Å². The predicted molar refractivity (Wildman–Crippen MR) is 95.9 cm³/mol. The van der Waals surface area contributed by atoms with Crippen molar-refractivity contribution in [1.82, 2.24) is 9.78 Å². The van der Waals surface area contributed by atoms with Crippen LogP contribution in [0, 0.1) is 0 Å². The van der Waals surface area contributed by atoms with Gasteiger partial charge in [-0.05, 0) is 50.0 Å². The first-order valence-corrected chi connectivity index (χ1v) is 8.65. The summed E-state index contributed by atoms with van der Waals surface area (Å²) in [6.45, 7) is 0. The van der Waals surface area contributed by atoms with Gasteiger partial charge in [-0.1, -0.05) is 29.3 Å². The topological polar surface area (TPSA) is 44.1 Å². The van der Waals surface area contributed by atoms with Crippen molar-refractivity contribution < 1.29 is 9.53 Å². The number of hydrogen-bond donors (Lipinski definition) is 0. The van der Waals surface area contributed by atoms with Gasteiger partial charge in [0.05, 0.1) is 28.5 Å². The van der Waals surface area contributed by atoms with Gasteiger partial charge in [0.15, 0.2) is 0 Å². The third-order valence-electron chi connectivity index (χ3n) is 4.13. The molecule has 0 atom stereocenters. The molecule has 1 aliphatic rings. The third-order valence-corrected chi connectivity index (χ3v) is 4.87. The summed E-state index contributed by atoms with van der Waals surface area (Å²) in [5.41, 5.74) is 4.37. The molecule has 1 aromatic heterocycles. The number of ether oxygens (including phenoxy) is 1. The smallest absolute Gasteiger partial charge is 0.305 e. The zero-order valence-corrected chi connectivity index (χ0v) is 14.9. The number of fused-ring (bicyclic) bond motifs is 1. The van der Waals surface area contributed by atoms with E-state index in [1.165, 1.54) is 18.4 Å². The zero-order valence-electron chi connectivity index (χ0n) is 13.4. The number of aromatic nitrogens is 2. The van der Waals surface area contributed by atoms with Crippen LogP contribution < -0.4 is 0 Å². The maximum Gasteiger partial charge on any atom is 0.305 e. The van der Waals surface area contributed by atoms with Crippen LogP contribution in [0.1, 0.15) is 36.2 Å². The van der Waals surface area contributed by atoms with Crippen LogP contribution >= 0.6 is 23.2 Å². The van der Waals surface area contributed by atoms with E-state index in [2.05, 4.69) is 4.74 Å². The second kappa shape index (κ2) is 7.41. The van der Waals surface area contributed by atoms with E-state index in [1.807, 2.05) is 29.0 Å². The Kier molecular flexibility index (Phi) is 5.27. The van der Waals surface area contributed by atoms with Gasteiger partial charge in [0.1, 0.15) is 0 Å². The second-order valence-corrected chi connectivity index (χ2v) is 6.51. The lowest BCUT2D eigenvalue weighted by atomic mass is 10.1. The number of carbonyl (C=O) groups is 1. The maximum atomic E-state index is 11.2. The Balaban J connectivity index is 1.86. The number of methoxy groups -OCH3 is 1. The molecule has 24 heavy (non-hydrogen) atoms. The monoisotopic (exact) mass is 364 g/mol. The van der Waals surface area contributed by atoms with Crippen molar-refractivity contribution >= 4 is 35.2 Å². The number of esters is 1. The molecule has 3 rings (SSSR count). The molecule has 0 radical (unpaired) electrons. The Morgan fingerprint density at radius 3 is 2.92 bits per heavy atom. The number of rotatable bonds is 5. The van der Waals surface area contributed by atoms with Gasteiger partial charge in [0, 0.05) is 17.7 Å². The number of allylic oxidation sites excluding steroid dienone is 1. The van der Waals surface area contributed by atoms with Crippen LogP contribution in [0.5, 0.6) is 0 Å². The number of carbonyl (C=O) groups excluding carboxylic acids is 1. The molecular weight excluding hydrogens is 347 g/mol. The fourth-order valence-electron chi connectivity index (χ4n) is 2.93. The summed E-state index contributed by atoms with van der Waals surface area (Å²) < 4.78 is 6.59. The van der Waals surface area contributed by atoms with Crippen molar-refractivity contribution in [2.24, 2.45) is 0 Å². The molecule has 0 amide bonds. The van der Waals surface area contributed by atoms with E-state index in [4.69, 9.17) is 28.3 Å². The molecule has 0 bridgehead atoms. The average molecular weight is 365 g/mol. The van der Waals surface area contributed by atoms with Crippen molar-refractivity contribution in [1.29, 1.82) is 0 Å². The van der Waals surface area contributed by atoms with Gasteiger partial charge in [0.2, 0.25) is 0 Å². The molecule has 0 aliphatic heterocycles. The van der Waals surface area contributed by atoms with Crippen LogP contribution in [0.2, 0.25) is 10.0 Å². The van der Waals surface area contributed by atoms with Gasteiger partial charge in [0.25, 0.3) is 0 Å². The normalized spacial score (nSPS) is 13.5. The molecule has 1 aliphatic carbocycles. The summed E-state index contributed by atoms with van der Waals surface area (Å²) in [6, 6.07) is 5.54. The van der Waals surface area contributed by atoms with E-state index in [1.54, 1.807) is 6.07 Å². The van der Waals surface area contributed by atoms with E-state index in [0.29, 0.717) is 22.9 Å². The predicted octanol–water partition coefficient (Wildman–Crippen LogP) is 4.63. The van der Waals surface area contributed by atoms with E-state index in [9.17, 15) is 4.79 Å². The Morgan fingerprint density at radius 2 is 2.17 bits per heavy atom. The minimum absolute atomic E-state index is 0.203. The molecular formula is C18H18Cl2N2O2. The summed E-state index contributed by atoms with van der Waals surface area (Å²) in [5, 5.41) is 5.78. The van der Waals surface area contributed by atoms with Crippen LogP contribution in [-0.4, -0.2) is 22.9 Å². The SMILES string of the molecule is COC(=O)CC/C=C/c1nn(-c2ccc(Cl)c(Cl)c2)c2c1CCC2. The Labute approximate surface area is 151 Å². The van der Waals surface area contributed by atoms with Gasteiger partial charge < -0.3 is 4.74 Å². The van der Waals surface area contributed by atoms with Crippen LogP contribution in [0.3, 0.4) is 0 Å². The number of nitrogens with zero attached hydrogens (tertiary/aromatic N) is 2. The van der Waals surface area contributed by atoms with Crippen molar-refractivity contribution in [3.8, 4) is 5.69 Å². The van der Waals surface area contributed by atoms with Gasteiger partial charge in [-0.3, -0.25) is 4.79 Å². The number of hydrogen-bond acceptors (Lipinski definition) is 3. The van der Waals surface area contributed by atoms with Crippen LogP contribution in [0.15, 0.2) is 24.3 Å². The van der Waals surface area contributed by atoms with Crippen molar-refractivity contribution in [3.63, 3.8) is 0 Å². The molecule has 0 fully saturated rings. The standard InChI is InChI=1S/C18H18Cl2N2O2/c1-24-18(23)8-3-2-6-16-13-5-4-7-17(13)22(21-16)12-9-10-14(19)15(20)11-12/h2,6,9-11H,3-5,7-8H2,1H3/b6-2+. The van der Waals surface area contributed by atoms with Gasteiger partial charge in [-0.2, -0.15) is 5.10 Å². The minimum atomic E-state index is -0.203. The van der Waals surface area contributed by atoms with Crippen LogP contribution in [-0.2, 0) is 22.4 Å². The molecule has 4 nitrogen and oxygen atoms in total. The highest BCUT2D eigenvalue weighted by Gasteiger charge is 2.22. The first kappa shape index (κ1) is 17.1. The van der Waals surface area contributed by atoms with E-state index in [0.717, 1.165) is 30.6 Å². The summed E-state index contributed by atoms with van der Waals surface area (Å²) in [4.78, 5) is 11.2. The molecule has 1 aromatic carbocycles. The molecule has 1 heterocycles. The Hall–Kier alpha value is -1.78. The summed E-state index contributed by atoms with van der Waals surface area (Å²) in [6.07, 6.45) is 8.12. The lowest BCUT2D eigenvalue weighted by Gasteiger charge is -2.06. The average Bonchev–Trinajstić information content (AvgIpc) is 3.17. The van der Waals surface area contributed by atoms with Gasteiger partial charge in [-0.25, -0.2) is 4.68 Å². The Morgan fingerprint density at radius 1 is 1.33 bits per heavy atom. The molecule has 0 saturated carbocycles. The fourth-order valence-corrected chi connectivity index (χ4v) is 3.22. The molecule has 0 spiro atoms. The number of benzene rings is 1. The van der Waals surface area contributed by atoms with Crippen molar-refractivity contribution in [3.05, 3.63) is 51.3 Å². The highest BCUT2D eigenvalue weighted by molar-refractivity contribution is 6.42. The molecule has 6 heteroatoms. The van der Waals surface area contributed by atoms with Crippen molar-refractivity contribution in [2.75, 3.05) is 7.11 Å². The first-order valence-electron chi connectivity index (χ1n) is 7.89. The zero-order chi connectivity index (χ0) is 17.1. The molecule has 126 valence electrons. The Bertz CT molecular complexity index is 797. The second-order valence-electron chi connectivity index (χ2n) is 5.69. The largest absolute Gasteiger partial charge is 0.469 e. The lowest BCUT2D eigenvalue weighted by Crippen LogP contribution is -2.01. The molecule has 0 saturated heterocycles. The summed E-state index contributed by atoms with van der Waals surface area (Å²) >= 11 is 12.1. The lowest BCUT2D eigenvalue weighted by molar-refractivity contribution is -0.140. The van der Waals surface area contributed by atoms with Gasteiger partial charge >= 0.3 is 5.97 Å². The highest BCUT2D eigenvalue weighted by Crippen LogP contribution is 2.31. The van der Waals surface area contributed by atoms with Crippen LogP contribution in [0.4, 0.5) is 0 Å². The minimum Gasteiger partial charge on any atom is -0.469 e. The molecule has 2 aromatic rings. The summed E-state index contributed by atoms with van der Waals surface area (Å²) in [7, 11) is 1.40. The molecule has 0 unspecified atom stereocenters. The first-order chi connectivity index (χ1) is 11.6. The number of halogens is 2. The quantitative estimate of drug-likeness (QED) is 0.726. The highest BCUT2D eigenvalue weighted by atomic mass is 35.5.